The first-order chi connectivity index (χ1) is 12.5. The Morgan fingerprint density at radius 2 is 1.35 bits per heavy atom. The number of ether oxygens (including phenoxy) is 2. The molecule has 0 aromatic heterocycles. The van der Waals surface area contributed by atoms with Crippen LogP contribution in [0.5, 0.6) is 0 Å². The molecule has 2 aromatic rings. The zero-order valence-electron chi connectivity index (χ0n) is 14.2. The van der Waals surface area contributed by atoms with Gasteiger partial charge in [-0.3, -0.25) is 14.5 Å². The van der Waals surface area contributed by atoms with Gasteiger partial charge in [0, 0.05) is 29.0 Å². The van der Waals surface area contributed by atoms with Crippen molar-refractivity contribution in [3.63, 3.8) is 0 Å². The lowest BCUT2D eigenvalue weighted by Crippen LogP contribution is -2.48. The molecule has 0 saturated heterocycles. The van der Waals surface area contributed by atoms with Gasteiger partial charge in [0.15, 0.2) is 0 Å². The van der Waals surface area contributed by atoms with E-state index in [0.29, 0.717) is 17.2 Å². The number of carbonyl (C=O) groups is 4. The lowest BCUT2D eigenvalue weighted by Gasteiger charge is -2.33. The fraction of sp³-hybridized carbons (Fsp3) is 0.263. The topological polar surface area (TPSA) is 90.0 Å². The van der Waals surface area contributed by atoms with Crippen LogP contribution < -0.4 is 0 Å². The standard InChI is InChI=1S/C19H15NO6/c1-3-9(8-25-2)20-16(21)10-4-6-12-15-13(19(24)26-18(12)23)7-5-11(14(10)15)17(20)22/h4-7,9H,3,8H2,1-2H3. The number of hydrogen-bond acceptors (Lipinski definition) is 6. The van der Waals surface area contributed by atoms with Crippen molar-refractivity contribution in [3.05, 3.63) is 46.5 Å². The molecule has 26 heavy (non-hydrogen) atoms. The van der Waals surface area contributed by atoms with E-state index in [0.717, 1.165) is 0 Å². The van der Waals surface area contributed by atoms with Crippen LogP contribution in [-0.4, -0.2) is 48.4 Å². The van der Waals surface area contributed by atoms with Crippen LogP contribution in [0.25, 0.3) is 10.8 Å². The maximum atomic E-state index is 13.0. The maximum Gasteiger partial charge on any atom is 0.346 e. The summed E-state index contributed by atoms with van der Waals surface area (Å²) in [5.74, 6) is -2.47. The average molecular weight is 353 g/mol. The summed E-state index contributed by atoms with van der Waals surface area (Å²) in [4.78, 5) is 51.3. The molecule has 2 aromatic carbocycles. The maximum absolute atomic E-state index is 13.0. The van der Waals surface area contributed by atoms with Crippen LogP contribution in [0.1, 0.15) is 54.8 Å². The van der Waals surface area contributed by atoms with Crippen LogP contribution >= 0.6 is 0 Å². The molecule has 2 heterocycles. The van der Waals surface area contributed by atoms with Crippen molar-refractivity contribution in [1.82, 2.24) is 4.90 Å². The molecule has 4 rings (SSSR count). The van der Waals surface area contributed by atoms with Crippen molar-refractivity contribution in [2.24, 2.45) is 0 Å². The molecule has 0 N–H and O–H groups in total. The summed E-state index contributed by atoms with van der Waals surface area (Å²) in [5.41, 5.74) is 0.936. The van der Waals surface area contributed by atoms with Crippen LogP contribution in [-0.2, 0) is 9.47 Å². The highest BCUT2D eigenvalue weighted by Gasteiger charge is 2.40. The third-order valence-electron chi connectivity index (χ3n) is 4.88. The monoisotopic (exact) mass is 353 g/mol. The fourth-order valence-corrected chi connectivity index (χ4v) is 3.64. The first-order valence-corrected chi connectivity index (χ1v) is 8.22. The van der Waals surface area contributed by atoms with E-state index < -0.39 is 29.8 Å². The number of rotatable bonds is 4. The Balaban J connectivity index is 2.01. The quantitative estimate of drug-likeness (QED) is 0.475. The van der Waals surface area contributed by atoms with E-state index in [1.165, 1.54) is 36.3 Å². The first-order valence-electron chi connectivity index (χ1n) is 8.22. The summed E-state index contributed by atoms with van der Waals surface area (Å²) in [6.45, 7) is 2.10. The molecule has 1 unspecified atom stereocenters. The van der Waals surface area contributed by atoms with Gasteiger partial charge in [0.1, 0.15) is 0 Å². The summed E-state index contributed by atoms with van der Waals surface area (Å²) < 4.78 is 9.87. The van der Waals surface area contributed by atoms with Crippen LogP contribution in [0.15, 0.2) is 24.3 Å². The van der Waals surface area contributed by atoms with Crippen LogP contribution in [0, 0.1) is 0 Å². The van der Waals surface area contributed by atoms with Crippen molar-refractivity contribution in [2.45, 2.75) is 19.4 Å². The minimum absolute atomic E-state index is 0.179. The van der Waals surface area contributed by atoms with Crippen LogP contribution in [0.3, 0.4) is 0 Å². The summed E-state index contributed by atoms with van der Waals surface area (Å²) in [6, 6.07) is 5.53. The minimum Gasteiger partial charge on any atom is -0.386 e. The van der Waals surface area contributed by atoms with E-state index in [2.05, 4.69) is 0 Å². The number of nitrogens with zero attached hydrogens (tertiary/aromatic N) is 1. The second kappa shape index (κ2) is 5.74. The second-order valence-corrected chi connectivity index (χ2v) is 6.25. The van der Waals surface area contributed by atoms with E-state index >= 15 is 0 Å². The largest absolute Gasteiger partial charge is 0.386 e. The van der Waals surface area contributed by atoms with Gasteiger partial charge in [-0.15, -0.1) is 0 Å². The molecular formula is C19H15NO6. The number of imide groups is 1. The molecule has 2 aliphatic rings. The first kappa shape index (κ1) is 16.4. The van der Waals surface area contributed by atoms with Gasteiger partial charge in [0.05, 0.1) is 23.8 Å². The zero-order chi connectivity index (χ0) is 18.6. The normalized spacial score (nSPS) is 16.9. The van der Waals surface area contributed by atoms with Gasteiger partial charge >= 0.3 is 11.9 Å². The molecule has 1 atom stereocenters. The van der Waals surface area contributed by atoms with E-state index in [1.54, 1.807) is 0 Å². The smallest absolute Gasteiger partial charge is 0.346 e. The molecule has 0 radical (unpaired) electrons. The van der Waals surface area contributed by atoms with Crippen molar-refractivity contribution in [1.29, 1.82) is 0 Å². The van der Waals surface area contributed by atoms with E-state index in [-0.39, 0.29) is 28.9 Å². The Morgan fingerprint density at radius 3 is 1.81 bits per heavy atom. The molecule has 0 fully saturated rings. The summed E-state index contributed by atoms with van der Waals surface area (Å²) in [6.07, 6.45) is 0.546. The highest BCUT2D eigenvalue weighted by molar-refractivity contribution is 6.31. The van der Waals surface area contributed by atoms with Gasteiger partial charge in [-0.05, 0) is 30.7 Å². The second-order valence-electron chi connectivity index (χ2n) is 6.25. The number of hydrogen-bond donors (Lipinski definition) is 0. The Bertz CT molecular complexity index is 940. The van der Waals surface area contributed by atoms with Gasteiger partial charge in [0.2, 0.25) is 0 Å². The summed E-state index contributed by atoms with van der Waals surface area (Å²) in [5, 5.41) is 0.644. The highest BCUT2D eigenvalue weighted by Crippen LogP contribution is 2.37. The minimum atomic E-state index is -0.778. The third-order valence-corrected chi connectivity index (χ3v) is 4.88. The SMILES string of the molecule is CCC(COC)N1C(=O)c2ccc3c4c(ccc(c24)C1=O)C(=O)OC3=O. The van der Waals surface area contributed by atoms with Crippen LogP contribution in [0.2, 0.25) is 0 Å². The van der Waals surface area contributed by atoms with Crippen molar-refractivity contribution in [3.8, 4) is 0 Å². The highest BCUT2D eigenvalue weighted by atomic mass is 16.6. The van der Waals surface area contributed by atoms with Gasteiger partial charge < -0.3 is 9.47 Å². The van der Waals surface area contributed by atoms with Crippen molar-refractivity contribution in [2.75, 3.05) is 13.7 Å². The molecule has 0 saturated carbocycles. The molecule has 0 bridgehead atoms. The van der Waals surface area contributed by atoms with Crippen molar-refractivity contribution >= 4 is 34.5 Å². The number of carbonyl (C=O) groups excluding carboxylic acids is 4. The number of esters is 2. The van der Waals surface area contributed by atoms with Gasteiger partial charge in [-0.2, -0.15) is 0 Å². The average Bonchev–Trinajstić information content (AvgIpc) is 2.63. The van der Waals surface area contributed by atoms with E-state index in [4.69, 9.17) is 9.47 Å². The molecule has 0 spiro atoms. The Labute approximate surface area is 148 Å². The molecule has 132 valence electrons. The zero-order valence-corrected chi connectivity index (χ0v) is 14.2. The predicted molar refractivity (Wildman–Crippen MR) is 90.1 cm³/mol. The summed E-state index contributed by atoms with van der Waals surface area (Å²) in [7, 11) is 1.51. The lowest BCUT2D eigenvalue weighted by molar-refractivity contribution is 0.0380. The van der Waals surface area contributed by atoms with E-state index in [1.807, 2.05) is 6.92 Å². The molecule has 0 aliphatic carbocycles. The van der Waals surface area contributed by atoms with E-state index in [9.17, 15) is 19.2 Å². The Morgan fingerprint density at radius 1 is 0.885 bits per heavy atom. The molecule has 2 aliphatic heterocycles. The van der Waals surface area contributed by atoms with Gasteiger partial charge in [-0.25, -0.2) is 9.59 Å². The molecular weight excluding hydrogens is 338 g/mol. The third kappa shape index (κ3) is 2.04. The number of benzene rings is 2. The number of methoxy groups -OCH3 is 1. The van der Waals surface area contributed by atoms with Crippen molar-refractivity contribution < 1.29 is 28.7 Å². The number of cyclic esters (lactones) is 2. The van der Waals surface area contributed by atoms with Gasteiger partial charge in [-0.1, -0.05) is 6.92 Å². The fourth-order valence-electron chi connectivity index (χ4n) is 3.64. The lowest BCUT2D eigenvalue weighted by atomic mass is 9.87. The predicted octanol–water partition coefficient (Wildman–Crippen LogP) is 2.17. The number of amides is 2. The van der Waals surface area contributed by atoms with Crippen LogP contribution in [0.4, 0.5) is 0 Å². The Kier molecular flexibility index (Phi) is 3.62. The Hall–Kier alpha value is -3.06. The summed E-state index contributed by atoms with van der Waals surface area (Å²) >= 11 is 0. The molecule has 7 nitrogen and oxygen atoms in total. The molecule has 7 heteroatoms. The molecule has 2 amide bonds. The van der Waals surface area contributed by atoms with Gasteiger partial charge in [0.25, 0.3) is 11.8 Å².